The van der Waals surface area contributed by atoms with Crippen molar-refractivity contribution in [2.75, 3.05) is 13.1 Å². The van der Waals surface area contributed by atoms with Crippen molar-refractivity contribution in [1.82, 2.24) is 29.5 Å². The van der Waals surface area contributed by atoms with E-state index >= 15 is 0 Å². The topological polar surface area (TPSA) is 85.4 Å². The van der Waals surface area contributed by atoms with Gasteiger partial charge >= 0.3 is 0 Å². The number of hydrogen-bond acceptors (Lipinski definition) is 5. The molecule has 8 heteroatoms. The second kappa shape index (κ2) is 5.23. The molecule has 2 atom stereocenters. The number of nitrogens with zero attached hydrogens (tertiary/aromatic N) is 6. The molecule has 3 aromatic rings. The summed E-state index contributed by atoms with van der Waals surface area (Å²) in [6.07, 6.45) is 2.72. The van der Waals surface area contributed by atoms with Gasteiger partial charge in [0.15, 0.2) is 5.65 Å². The minimum atomic E-state index is -0.00747. The Bertz CT molecular complexity index is 1040. The molecule has 2 bridgehead atoms. The molecule has 2 aliphatic heterocycles. The number of hydrogen-bond donors (Lipinski definition) is 0. The smallest absolute Gasteiger partial charge is 0.254 e. The van der Waals surface area contributed by atoms with Gasteiger partial charge in [-0.1, -0.05) is 6.07 Å². The Labute approximate surface area is 142 Å². The largest absolute Gasteiger partial charge is 0.338 e. The van der Waals surface area contributed by atoms with Crippen molar-refractivity contribution in [2.24, 2.45) is 5.92 Å². The molecular weight excluding hydrogens is 320 g/mol. The molecule has 25 heavy (non-hydrogen) atoms. The highest BCUT2D eigenvalue weighted by molar-refractivity contribution is 5.95. The zero-order valence-corrected chi connectivity index (χ0v) is 13.4. The first kappa shape index (κ1) is 14.3. The van der Waals surface area contributed by atoms with Gasteiger partial charge in [-0.05, 0) is 41.0 Å². The molecule has 2 unspecified atom stereocenters. The van der Waals surface area contributed by atoms with Gasteiger partial charge in [-0.25, -0.2) is 4.52 Å². The molecule has 3 aromatic heterocycles. The quantitative estimate of drug-likeness (QED) is 0.648. The van der Waals surface area contributed by atoms with Gasteiger partial charge in [-0.2, -0.15) is 0 Å². The SMILES string of the molecule is O=C(c1ccn2nnnc2c1)N1CC2CC(C1)c1cccc(=O)n1C2. The molecule has 0 spiro atoms. The number of amides is 1. The van der Waals surface area contributed by atoms with Crippen molar-refractivity contribution in [3.8, 4) is 0 Å². The van der Waals surface area contributed by atoms with Crippen molar-refractivity contribution in [3.63, 3.8) is 0 Å². The van der Waals surface area contributed by atoms with Gasteiger partial charge in [0.05, 0.1) is 0 Å². The zero-order valence-electron chi connectivity index (χ0n) is 13.4. The minimum Gasteiger partial charge on any atom is -0.338 e. The first-order valence-corrected chi connectivity index (χ1v) is 8.36. The first-order chi connectivity index (χ1) is 12.2. The molecule has 0 N–H and O–H groups in total. The Hall–Kier alpha value is -3.03. The maximum Gasteiger partial charge on any atom is 0.254 e. The van der Waals surface area contributed by atoms with Crippen LogP contribution < -0.4 is 5.56 Å². The third kappa shape index (κ3) is 2.25. The number of rotatable bonds is 1. The molecule has 8 nitrogen and oxygen atoms in total. The lowest BCUT2D eigenvalue weighted by Crippen LogP contribution is -2.49. The maximum absolute atomic E-state index is 13.0. The molecule has 2 aliphatic rings. The van der Waals surface area contributed by atoms with Crippen LogP contribution in [0.15, 0.2) is 41.3 Å². The fourth-order valence-electron chi connectivity index (χ4n) is 4.12. The molecule has 1 saturated heterocycles. The summed E-state index contributed by atoms with van der Waals surface area (Å²) in [5.41, 5.74) is 2.24. The van der Waals surface area contributed by atoms with Crippen molar-refractivity contribution < 1.29 is 4.79 Å². The summed E-state index contributed by atoms with van der Waals surface area (Å²) in [6.45, 7) is 1.99. The second-order valence-corrected chi connectivity index (χ2v) is 6.81. The number of carbonyl (C=O) groups is 1. The lowest BCUT2D eigenvalue weighted by molar-refractivity contribution is 0.0594. The monoisotopic (exact) mass is 336 g/mol. The highest BCUT2D eigenvalue weighted by Crippen LogP contribution is 2.35. The Kier molecular flexibility index (Phi) is 3.00. The summed E-state index contributed by atoms with van der Waals surface area (Å²) in [4.78, 5) is 26.9. The van der Waals surface area contributed by atoms with Crippen molar-refractivity contribution in [2.45, 2.75) is 18.9 Å². The number of piperidine rings is 1. The van der Waals surface area contributed by atoms with Crippen LogP contribution in [0.1, 0.15) is 28.4 Å². The van der Waals surface area contributed by atoms with E-state index in [4.69, 9.17) is 0 Å². The molecule has 0 aromatic carbocycles. The van der Waals surface area contributed by atoms with Crippen LogP contribution in [0.4, 0.5) is 0 Å². The third-order valence-corrected chi connectivity index (χ3v) is 5.21. The number of carbonyl (C=O) groups excluding carboxylic acids is 1. The van der Waals surface area contributed by atoms with Crippen LogP contribution in [-0.4, -0.2) is 48.5 Å². The van der Waals surface area contributed by atoms with Crippen LogP contribution in [0.25, 0.3) is 5.65 Å². The molecule has 5 rings (SSSR count). The summed E-state index contributed by atoms with van der Waals surface area (Å²) in [6, 6.07) is 8.88. The Balaban J connectivity index is 1.46. The van der Waals surface area contributed by atoms with E-state index in [9.17, 15) is 9.59 Å². The van der Waals surface area contributed by atoms with Crippen LogP contribution in [0.2, 0.25) is 0 Å². The van der Waals surface area contributed by atoms with Crippen molar-refractivity contribution in [3.05, 3.63) is 58.1 Å². The summed E-state index contributed by atoms with van der Waals surface area (Å²) in [5, 5.41) is 11.3. The van der Waals surface area contributed by atoms with E-state index in [1.54, 1.807) is 24.4 Å². The molecule has 1 fully saturated rings. The second-order valence-electron chi connectivity index (χ2n) is 6.81. The van der Waals surface area contributed by atoms with E-state index < -0.39 is 0 Å². The predicted octanol–water partition coefficient (Wildman–Crippen LogP) is 0.545. The van der Waals surface area contributed by atoms with E-state index in [2.05, 4.69) is 15.5 Å². The van der Waals surface area contributed by atoms with Crippen LogP contribution in [0, 0.1) is 5.92 Å². The third-order valence-electron chi connectivity index (χ3n) is 5.21. The fourth-order valence-corrected chi connectivity index (χ4v) is 4.12. The number of aromatic nitrogens is 5. The van der Waals surface area contributed by atoms with E-state index in [1.807, 2.05) is 21.6 Å². The summed E-state index contributed by atoms with van der Waals surface area (Å²) < 4.78 is 3.40. The summed E-state index contributed by atoms with van der Waals surface area (Å²) in [5.74, 6) is 0.518. The molecule has 5 heterocycles. The first-order valence-electron chi connectivity index (χ1n) is 8.36. The molecule has 0 saturated carbocycles. The van der Waals surface area contributed by atoms with Crippen molar-refractivity contribution >= 4 is 11.6 Å². The van der Waals surface area contributed by atoms with Gasteiger partial charge in [0, 0.05) is 49.1 Å². The van der Waals surface area contributed by atoms with Gasteiger partial charge < -0.3 is 9.47 Å². The van der Waals surface area contributed by atoms with Crippen molar-refractivity contribution in [1.29, 1.82) is 0 Å². The lowest BCUT2D eigenvalue weighted by atomic mass is 9.83. The Morgan fingerprint density at radius 1 is 1.16 bits per heavy atom. The maximum atomic E-state index is 13.0. The number of likely N-dealkylation sites (tertiary alicyclic amines) is 1. The molecule has 1 amide bonds. The van der Waals surface area contributed by atoms with Crippen LogP contribution >= 0.6 is 0 Å². The van der Waals surface area contributed by atoms with E-state index in [0.29, 0.717) is 36.8 Å². The van der Waals surface area contributed by atoms with Crippen LogP contribution in [-0.2, 0) is 6.54 Å². The highest BCUT2D eigenvalue weighted by atomic mass is 16.2. The number of pyridine rings is 2. The number of fused-ring (bicyclic) bond motifs is 5. The molecule has 0 aliphatic carbocycles. The summed E-state index contributed by atoms with van der Waals surface area (Å²) in [7, 11) is 0. The molecule has 0 radical (unpaired) electrons. The standard InChI is InChI=1S/C17H16N6O2/c24-16-3-1-2-14-13-6-11(9-22(14)16)8-21(10-13)17(25)12-4-5-23-15(7-12)18-19-20-23/h1-5,7,11,13H,6,8-10H2. The normalized spacial score (nSPS) is 22.0. The summed E-state index contributed by atoms with van der Waals surface area (Å²) >= 11 is 0. The van der Waals surface area contributed by atoms with Gasteiger partial charge in [0.2, 0.25) is 0 Å². The fraction of sp³-hybridized carbons (Fsp3) is 0.353. The Morgan fingerprint density at radius 3 is 3.00 bits per heavy atom. The molecule has 126 valence electrons. The Morgan fingerprint density at radius 2 is 2.08 bits per heavy atom. The average Bonchev–Trinajstić information content (AvgIpc) is 3.09. The highest BCUT2D eigenvalue weighted by Gasteiger charge is 2.36. The van der Waals surface area contributed by atoms with Crippen LogP contribution in [0.5, 0.6) is 0 Å². The van der Waals surface area contributed by atoms with E-state index in [-0.39, 0.29) is 17.4 Å². The minimum absolute atomic E-state index is 0.00747. The molecular formula is C17H16N6O2. The van der Waals surface area contributed by atoms with Gasteiger partial charge in [-0.15, -0.1) is 5.10 Å². The number of tetrazole rings is 1. The van der Waals surface area contributed by atoms with Gasteiger partial charge in [0.1, 0.15) is 0 Å². The average molecular weight is 336 g/mol. The van der Waals surface area contributed by atoms with Gasteiger partial charge in [-0.3, -0.25) is 9.59 Å². The zero-order chi connectivity index (χ0) is 17.0. The predicted molar refractivity (Wildman–Crippen MR) is 88.2 cm³/mol. The van der Waals surface area contributed by atoms with Crippen LogP contribution in [0.3, 0.4) is 0 Å². The van der Waals surface area contributed by atoms with Gasteiger partial charge in [0.25, 0.3) is 11.5 Å². The lowest BCUT2D eigenvalue weighted by Gasteiger charge is -2.42. The van der Waals surface area contributed by atoms with E-state index in [0.717, 1.165) is 12.1 Å². The van der Waals surface area contributed by atoms with E-state index in [1.165, 1.54) is 4.52 Å².